The van der Waals surface area contributed by atoms with Crippen LogP contribution in [-0.2, 0) is 32.6 Å². The second-order valence-corrected chi connectivity index (χ2v) is 12.8. The van der Waals surface area contributed by atoms with Gasteiger partial charge in [-0.2, -0.15) is 0 Å². The third-order valence-electron chi connectivity index (χ3n) is 7.24. The molecule has 0 radical (unpaired) electrons. The SMILES string of the molecule is CCCNC(=O)[C@H](Cc1ccccc1)N(Cc1ccccc1Cl)C(=O)CN(c1ccc(F)cc1)S(=O)(=O)c1ccc(OCC)cc1. The quantitative estimate of drug-likeness (QED) is 0.162. The Balaban J connectivity index is 1.79. The summed E-state index contributed by atoms with van der Waals surface area (Å²) < 4.78 is 48.6. The van der Waals surface area contributed by atoms with Gasteiger partial charge in [-0.3, -0.25) is 13.9 Å². The molecule has 0 fully saturated rings. The first-order valence-electron chi connectivity index (χ1n) is 15.0. The van der Waals surface area contributed by atoms with Gasteiger partial charge in [-0.15, -0.1) is 0 Å². The number of hydrogen-bond donors (Lipinski definition) is 1. The van der Waals surface area contributed by atoms with E-state index in [1.54, 1.807) is 24.3 Å². The van der Waals surface area contributed by atoms with Crippen LogP contribution in [0.15, 0.2) is 108 Å². The van der Waals surface area contributed by atoms with Crippen LogP contribution in [0, 0.1) is 5.82 Å². The molecule has 0 bridgehead atoms. The van der Waals surface area contributed by atoms with E-state index in [4.69, 9.17) is 16.3 Å². The van der Waals surface area contributed by atoms with Crippen LogP contribution in [0.5, 0.6) is 5.75 Å². The van der Waals surface area contributed by atoms with E-state index in [9.17, 15) is 22.4 Å². The summed E-state index contributed by atoms with van der Waals surface area (Å²) in [6, 6.07) is 25.9. The highest BCUT2D eigenvalue weighted by molar-refractivity contribution is 7.92. The molecular formula is C35H37ClFN3O5S. The van der Waals surface area contributed by atoms with Gasteiger partial charge in [-0.05, 0) is 79.1 Å². The molecule has 0 unspecified atom stereocenters. The highest BCUT2D eigenvalue weighted by Crippen LogP contribution is 2.27. The van der Waals surface area contributed by atoms with Crippen molar-refractivity contribution >= 4 is 39.1 Å². The maximum atomic E-state index is 14.4. The summed E-state index contributed by atoms with van der Waals surface area (Å²) in [5.41, 5.74) is 1.48. The number of hydrogen-bond acceptors (Lipinski definition) is 5. The number of nitrogens with zero attached hydrogens (tertiary/aromatic N) is 2. The van der Waals surface area contributed by atoms with Crippen molar-refractivity contribution in [2.24, 2.45) is 0 Å². The van der Waals surface area contributed by atoms with E-state index in [-0.39, 0.29) is 29.5 Å². The van der Waals surface area contributed by atoms with E-state index >= 15 is 0 Å². The fraction of sp³-hybridized carbons (Fsp3) is 0.257. The van der Waals surface area contributed by atoms with Crippen LogP contribution in [0.1, 0.15) is 31.4 Å². The first-order valence-corrected chi connectivity index (χ1v) is 16.8. The van der Waals surface area contributed by atoms with E-state index in [1.165, 1.54) is 41.3 Å². The van der Waals surface area contributed by atoms with Gasteiger partial charge in [-0.1, -0.05) is 67.1 Å². The molecule has 4 aromatic rings. The van der Waals surface area contributed by atoms with E-state index < -0.39 is 34.3 Å². The zero-order valence-electron chi connectivity index (χ0n) is 25.7. The van der Waals surface area contributed by atoms with E-state index in [0.717, 1.165) is 22.0 Å². The Bertz CT molecular complexity index is 1700. The van der Waals surface area contributed by atoms with Crippen molar-refractivity contribution < 1.29 is 27.1 Å². The van der Waals surface area contributed by atoms with Crippen molar-refractivity contribution in [1.29, 1.82) is 0 Å². The lowest BCUT2D eigenvalue weighted by Gasteiger charge is -2.34. The van der Waals surface area contributed by atoms with Crippen LogP contribution in [0.4, 0.5) is 10.1 Å². The van der Waals surface area contributed by atoms with Gasteiger partial charge in [0.1, 0.15) is 24.2 Å². The van der Waals surface area contributed by atoms with Crippen molar-refractivity contribution in [2.45, 2.75) is 44.2 Å². The number of amides is 2. The average molecular weight is 666 g/mol. The number of anilines is 1. The Hall–Kier alpha value is -4.41. The molecule has 11 heteroatoms. The van der Waals surface area contributed by atoms with Crippen molar-refractivity contribution in [3.05, 3.63) is 125 Å². The molecule has 0 aliphatic carbocycles. The van der Waals surface area contributed by atoms with Gasteiger partial charge in [0, 0.05) is 24.5 Å². The molecule has 8 nitrogen and oxygen atoms in total. The van der Waals surface area contributed by atoms with Gasteiger partial charge in [-0.25, -0.2) is 12.8 Å². The minimum absolute atomic E-state index is 0.0596. The highest BCUT2D eigenvalue weighted by Gasteiger charge is 2.35. The molecular weight excluding hydrogens is 629 g/mol. The van der Waals surface area contributed by atoms with E-state index in [0.29, 0.717) is 35.9 Å². The number of benzene rings is 4. The Morgan fingerprint density at radius 2 is 1.54 bits per heavy atom. The third kappa shape index (κ3) is 8.86. The van der Waals surface area contributed by atoms with Crippen molar-refractivity contribution in [3.8, 4) is 5.75 Å². The van der Waals surface area contributed by atoms with Crippen LogP contribution in [0.25, 0.3) is 0 Å². The van der Waals surface area contributed by atoms with Gasteiger partial charge in [0.25, 0.3) is 10.0 Å². The molecule has 0 spiro atoms. The van der Waals surface area contributed by atoms with Crippen molar-refractivity contribution in [2.75, 3.05) is 24.0 Å². The zero-order chi connectivity index (χ0) is 33.1. The summed E-state index contributed by atoms with van der Waals surface area (Å²) in [6.07, 6.45) is 0.857. The molecule has 1 atom stereocenters. The zero-order valence-corrected chi connectivity index (χ0v) is 27.3. The number of carbonyl (C=O) groups excluding carboxylic acids is 2. The van der Waals surface area contributed by atoms with Crippen LogP contribution >= 0.6 is 11.6 Å². The number of sulfonamides is 1. The first kappa shape index (κ1) is 34.5. The molecule has 0 aromatic heterocycles. The first-order chi connectivity index (χ1) is 22.1. The maximum Gasteiger partial charge on any atom is 0.264 e. The topological polar surface area (TPSA) is 96.0 Å². The summed E-state index contributed by atoms with van der Waals surface area (Å²) in [6.45, 7) is 3.81. The fourth-order valence-corrected chi connectivity index (χ4v) is 6.48. The largest absolute Gasteiger partial charge is 0.494 e. The number of rotatable bonds is 15. The normalized spacial score (nSPS) is 11.8. The van der Waals surface area contributed by atoms with Gasteiger partial charge in [0.15, 0.2) is 0 Å². The van der Waals surface area contributed by atoms with Gasteiger partial charge in [0.05, 0.1) is 17.2 Å². The monoisotopic (exact) mass is 665 g/mol. The molecule has 0 saturated heterocycles. The van der Waals surface area contributed by atoms with E-state index in [1.807, 2.05) is 44.2 Å². The molecule has 0 saturated carbocycles. The van der Waals surface area contributed by atoms with Crippen LogP contribution in [-0.4, -0.2) is 50.9 Å². The van der Waals surface area contributed by atoms with Gasteiger partial charge < -0.3 is 15.0 Å². The molecule has 46 heavy (non-hydrogen) atoms. The standard InChI is InChI=1S/C35H37ClFN3O5S/c1-3-22-38-35(42)33(23-26-10-6-5-7-11-26)39(24-27-12-8-9-13-32(27)36)34(41)25-40(29-16-14-28(37)15-17-29)46(43,44)31-20-18-30(19-21-31)45-4-2/h5-21,33H,3-4,22-25H2,1-2H3,(H,38,42)/t33-/m0/s1. The minimum atomic E-state index is -4.35. The molecule has 0 heterocycles. The van der Waals surface area contributed by atoms with Crippen LogP contribution in [0.3, 0.4) is 0 Å². The molecule has 4 aromatic carbocycles. The Kier molecular flexibility index (Phi) is 12.2. The lowest BCUT2D eigenvalue weighted by Crippen LogP contribution is -2.53. The molecule has 0 aliphatic rings. The lowest BCUT2D eigenvalue weighted by atomic mass is 10.0. The van der Waals surface area contributed by atoms with Crippen molar-refractivity contribution in [3.63, 3.8) is 0 Å². The predicted molar refractivity (Wildman–Crippen MR) is 178 cm³/mol. The average Bonchev–Trinajstić information content (AvgIpc) is 3.06. The highest BCUT2D eigenvalue weighted by atomic mass is 35.5. The Morgan fingerprint density at radius 3 is 2.17 bits per heavy atom. The minimum Gasteiger partial charge on any atom is -0.494 e. The van der Waals surface area contributed by atoms with Gasteiger partial charge >= 0.3 is 0 Å². The molecule has 0 aliphatic heterocycles. The van der Waals surface area contributed by atoms with Crippen LogP contribution in [0.2, 0.25) is 5.02 Å². The molecule has 2 amide bonds. The fourth-order valence-electron chi connectivity index (χ4n) is 4.87. The van der Waals surface area contributed by atoms with Gasteiger partial charge in [0.2, 0.25) is 11.8 Å². The summed E-state index contributed by atoms with van der Waals surface area (Å²) in [7, 11) is -4.35. The van der Waals surface area contributed by atoms with E-state index in [2.05, 4.69) is 5.32 Å². The number of nitrogens with one attached hydrogen (secondary N) is 1. The Morgan fingerprint density at radius 1 is 0.891 bits per heavy atom. The van der Waals surface area contributed by atoms with Crippen molar-refractivity contribution in [1.82, 2.24) is 10.2 Å². The Labute approximate surface area is 274 Å². The summed E-state index contributed by atoms with van der Waals surface area (Å²) in [4.78, 5) is 29.4. The summed E-state index contributed by atoms with van der Waals surface area (Å²) in [5, 5.41) is 3.29. The smallest absolute Gasteiger partial charge is 0.264 e. The summed E-state index contributed by atoms with van der Waals surface area (Å²) >= 11 is 6.51. The maximum absolute atomic E-state index is 14.4. The number of halogens is 2. The number of ether oxygens (including phenoxy) is 1. The summed E-state index contributed by atoms with van der Waals surface area (Å²) in [5.74, 6) is -1.11. The number of carbonyl (C=O) groups is 2. The second kappa shape index (κ2) is 16.2. The lowest BCUT2D eigenvalue weighted by molar-refractivity contribution is -0.140. The predicted octanol–water partition coefficient (Wildman–Crippen LogP) is 6.24. The second-order valence-electron chi connectivity index (χ2n) is 10.5. The molecule has 4 rings (SSSR count). The van der Waals surface area contributed by atoms with Crippen LogP contribution < -0.4 is 14.4 Å². The molecule has 242 valence electrons. The third-order valence-corrected chi connectivity index (χ3v) is 9.39. The molecule has 1 N–H and O–H groups in total.